The van der Waals surface area contributed by atoms with E-state index < -0.39 is 11.7 Å². The number of hydrogen-bond acceptors (Lipinski definition) is 5. The van der Waals surface area contributed by atoms with Gasteiger partial charge in [-0.1, -0.05) is 65.9 Å². The van der Waals surface area contributed by atoms with Crippen LogP contribution in [0, 0.1) is 0 Å². The number of benzene rings is 3. The van der Waals surface area contributed by atoms with E-state index in [4.69, 9.17) is 5.73 Å². The molecule has 37 heavy (non-hydrogen) atoms. The van der Waals surface area contributed by atoms with Crippen LogP contribution in [0.3, 0.4) is 0 Å². The molecule has 3 aromatic carbocycles. The molecule has 9 heteroatoms. The molecule has 1 saturated heterocycles. The van der Waals surface area contributed by atoms with Gasteiger partial charge in [-0.3, -0.25) is 4.90 Å². The molecule has 0 amide bonds. The third kappa shape index (κ3) is 5.84. The van der Waals surface area contributed by atoms with Gasteiger partial charge in [-0.05, 0) is 35.4 Å². The van der Waals surface area contributed by atoms with Crippen molar-refractivity contribution in [1.82, 2.24) is 19.9 Å². The smallest absolute Gasteiger partial charge is 0.369 e. The quantitative estimate of drug-likeness (QED) is 0.386. The zero-order chi connectivity index (χ0) is 25.8. The number of piperazine rings is 1. The minimum atomic E-state index is -4.32. The van der Waals surface area contributed by atoms with Gasteiger partial charge in [0.05, 0.1) is 29.5 Å². The number of rotatable bonds is 7. The summed E-state index contributed by atoms with van der Waals surface area (Å²) in [6.07, 6.45) is -2.36. The molecule has 0 radical (unpaired) electrons. The van der Waals surface area contributed by atoms with Crippen molar-refractivity contribution in [3.8, 4) is 0 Å². The van der Waals surface area contributed by atoms with E-state index in [9.17, 15) is 13.2 Å². The maximum atomic E-state index is 12.9. The molecule has 0 aliphatic carbocycles. The first-order chi connectivity index (χ1) is 17.9. The summed E-state index contributed by atoms with van der Waals surface area (Å²) in [5, 5.41) is 8.89. The molecule has 2 heterocycles. The molecule has 6 nitrogen and oxygen atoms in total. The lowest BCUT2D eigenvalue weighted by Gasteiger charge is -2.35. The minimum absolute atomic E-state index is 0.207. The minimum Gasteiger partial charge on any atom is -0.369 e. The van der Waals surface area contributed by atoms with Gasteiger partial charge in [-0.15, -0.1) is 5.10 Å². The van der Waals surface area contributed by atoms with Crippen LogP contribution >= 0.6 is 0 Å². The fourth-order valence-electron chi connectivity index (χ4n) is 4.81. The number of alkyl halides is 3. The van der Waals surface area contributed by atoms with E-state index in [1.807, 2.05) is 59.4 Å². The Balaban J connectivity index is 1.25. The Labute approximate surface area is 214 Å². The lowest BCUT2D eigenvalue weighted by atomic mass is 9.94. The number of nitrogens with zero attached hydrogens (tertiary/aromatic N) is 5. The van der Waals surface area contributed by atoms with Crippen LogP contribution in [-0.2, 0) is 12.7 Å². The Morgan fingerprint density at radius 3 is 1.97 bits per heavy atom. The molecule has 0 unspecified atom stereocenters. The third-order valence-corrected chi connectivity index (χ3v) is 6.83. The maximum Gasteiger partial charge on any atom is 0.416 e. The van der Waals surface area contributed by atoms with Crippen molar-refractivity contribution in [3.05, 3.63) is 114 Å². The van der Waals surface area contributed by atoms with Crippen LogP contribution in [0.1, 0.15) is 34.5 Å². The highest BCUT2D eigenvalue weighted by Crippen LogP contribution is 2.32. The Kier molecular flexibility index (Phi) is 7.25. The number of hydrogen-bond donors (Lipinski definition) is 1. The number of nitrogens with two attached hydrogens (primary N) is 1. The van der Waals surface area contributed by atoms with Gasteiger partial charge in [0.1, 0.15) is 0 Å². The van der Waals surface area contributed by atoms with E-state index in [1.54, 1.807) is 12.1 Å². The molecule has 4 aromatic rings. The lowest BCUT2D eigenvalue weighted by Crippen LogP contribution is -2.46. The van der Waals surface area contributed by atoms with Gasteiger partial charge >= 0.3 is 6.18 Å². The maximum absolute atomic E-state index is 12.9. The van der Waals surface area contributed by atoms with Crippen molar-refractivity contribution < 1.29 is 13.2 Å². The second-order valence-corrected chi connectivity index (χ2v) is 9.29. The first-order valence-corrected chi connectivity index (χ1v) is 12.3. The second kappa shape index (κ2) is 10.7. The van der Waals surface area contributed by atoms with Crippen LogP contribution in [0.25, 0.3) is 0 Å². The van der Waals surface area contributed by atoms with Crippen LogP contribution in [0.2, 0.25) is 0 Å². The van der Waals surface area contributed by atoms with Crippen LogP contribution < -0.4 is 10.6 Å². The summed E-state index contributed by atoms with van der Waals surface area (Å²) >= 11 is 0. The van der Waals surface area contributed by atoms with Crippen molar-refractivity contribution in [1.29, 1.82) is 0 Å². The molecule has 2 atom stereocenters. The van der Waals surface area contributed by atoms with Crippen molar-refractivity contribution in [2.24, 2.45) is 5.73 Å². The third-order valence-electron chi connectivity index (χ3n) is 6.83. The summed E-state index contributed by atoms with van der Waals surface area (Å²) in [5.74, 6) is 0. The number of halogens is 3. The molecule has 5 rings (SSSR count). The zero-order valence-corrected chi connectivity index (χ0v) is 20.3. The van der Waals surface area contributed by atoms with Gasteiger partial charge in [-0.2, -0.15) is 13.2 Å². The molecule has 1 aliphatic rings. The first-order valence-electron chi connectivity index (χ1n) is 12.3. The highest BCUT2D eigenvalue weighted by molar-refractivity contribution is 5.48. The molecule has 1 aromatic heterocycles. The summed E-state index contributed by atoms with van der Waals surface area (Å²) < 4.78 is 40.4. The number of anilines is 1. The molecule has 2 N–H and O–H groups in total. The summed E-state index contributed by atoms with van der Waals surface area (Å²) in [5.41, 5.74) is 9.84. The van der Waals surface area contributed by atoms with Crippen LogP contribution in [-0.4, -0.2) is 46.1 Å². The fraction of sp³-hybridized carbons (Fsp3) is 0.286. The van der Waals surface area contributed by atoms with Gasteiger partial charge in [0.25, 0.3) is 0 Å². The van der Waals surface area contributed by atoms with Crippen molar-refractivity contribution in [3.63, 3.8) is 0 Å². The molecule has 0 bridgehead atoms. The van der Waals surface area contributed by atoms with Gasteiger partial charge in [-0.25, -0.2) is 4.68 Å². The van der Waals surface area contributed by atoms with E-state index >= 15 is 0 Å². The standard InChI is InChI=1S/C28H29F3N6/c29-28(30,31)23-11-13-25(14-12-23)36-17-15-35(16-18-36)19-24-20-37(34-33-24)27(22-9-5-2-6-10-22)26(32)21-7-3-1-4-8-21/h1-14,20,26-27H,15-19,32H2/t26-,27+/m0/s1. The summed E-state index contributed by atoms with van der Waals surface area (Å²) in [6.45, 7) is 3.65. The molecular weight excluding hydrogens is 477 g/mol. The van der Waals surface area contributed by atoms with Crippen molar-refractivity contribution in [2.45, 2.75) is 24.8 Å². The zero-order valence-electron chi connectivity index (χ0n) is 20.3. The van der Waals surface area contributed by atoms with Crippen LogP contribution in [0.5, 0.6) is 0 Å². The monoisotopic (exact) mass is 506 g/mol. The van der Waals surface area contributed by atoms with Crippen LogP contribution in [0.4, 0.5) is 18.9 Å². The lowest BCUT2D eigenvalue weighted by molar-refractivity contribution is -0.137. The molecule has 1 aliphatic heterocycles. The Hall–Kier alpha value is -3.69. The molecular formula is C28H29F3N6. The fourth-order valence-corrected chi connectivity index (χ4v) is 4.81. The predicted octanol–water partition coefficient (Wildman–Crippen LogP) is 4.91. The van der Waals surface area contributed by atoms with E-state index in [0.717, 1.165) is 60.8 Å². The van der Waals surface area contributed by atoms with Crippen LogP contribution in [0.15, 0.2) is 91.1 Å². The molecule has 1 fully saturated rings. The second-order valence-electron chi connectivity index (χ2n) is 9.29. The highest BCUT2D eigenvalue weighted by Gasteiger charge is 2.30. The van der Waals surface area contributed by atoms with Gasteiger partial charge in [0, 0.05) is 38.4 Å². The average molecular weight is 507 g/mol. The highest BCUT2D eigenvalue weighted by atomic mass is 19.4. The number of aromatic nitrogens is 3. The van der Waals surface area contributed by atoms with Crippen molar-refractivity contribution in [2.75, 3.05) is 31.1 Å². The van der Waals surface area contributed by atoms with Gasteiger partial charge in [0.2, 0.25) is 0 Å². The first kappa shape index (κ1) is 25.0. The molecule has 0 spiro atoms. The van der Waals surface area contributed by atoms with Crippen molar-refractivity contribution >= 4 is 5.69 Å². The topological polar surface area (TPSA) is 63.2 Å². The van der Waals surface area contributed by atoms with E-state index in [-0.39, 0.29) is 12.1 Å². The summed E-state index contributed by atoms with van der Waals surface area (Å²) in [4.78, 5) is 4.39. The van der Waals surface area contributed by atoms with E-state index in [1.165, 1.54) is 0 Å². The Morgan fingerprint density at radius 2 is 1.38 bits per heavy atom. The van der Waals surface area contributed by atoms with Gasteiger partial charge in [0.15, 0.2) is 0 Å². The van der Waals surface area contributed by atoms with Gasteiger partial charge < -0.3 is 10.6 Å². The average Bonchev–Trinajstić information content (AvgIpc) is 3.37. The summed E-state index contributed by atoms with van der Waals surface area (Å²) in [6, 6.07) is 24.9. The summed E-state index contributed by atoms with van der Waals surface area (Å²) in [7, 11) is 0. The largest absolute Gasteiger partial charge is 0.416 e. The van der Waals surface area contributed by atoms with E-state index in [2.05, 4.69) is 32.2 Å². The Bertz CT molecular complexity index is 1270. The molecule has 0 saturated carbocycles. The molecule has 192 valence electrons. The van der Waals surface area contributed by atoms with E-state index in [0.29, 0.717) is 6.54 Å². The Morgan fingerprint density at radius 1 is 0.784 bits per heavy atom. The SMILES string of the molecule is N[C@@H](c1ccccc1)[C@@H](c1ccccc1)n1cc(CN2CCN(c3ccc(C(F)(F)F)cc3)CC2)nn1. The predicted molar refractivity (Wildman–Crippen MR) is 137 cm³/mol. The normalized spacial score (nSPS) is 16.5.